The van der Waals surface area contributed by atoms with Gasteiger partial charge in [-0.3, -0.25) is 0 Å². The Balaban J connectivity index is 2.41. The third-order valence-electron chi connectivity index (χ3n) is 4.12. The van der Waals surface area contributed by atoms with Crippen molar-refractivity contribution < 1.29 is 19.0 Å². The number of ether oxygens (including phenoxy) is 3. The molecule has 1 aromatic carbocycles. The van der Waals surface area contributed by atoms with Crippen LogP contribution in [-0.4, -0.2) is 26.3 Å². The van der Waals surface area contributed by atoms with Gasteiger partial charge in [-0.05, 0) is 42.7 Å². The van der Waals surface area contributed by atoms with Crippen LogP contribution in [0.25, 0.3) is 5.57 Å². The molecule has 0 amide bonds. The first-order valence-electron chi connectivity index (χ1n) is 8.98. The van der Waals surface area contributed by atoms with E-state index in [1.54, 1.807) is 20.1 Å². The third-order valence-corrected chi connectivity index (χ3v) is 4.12. The maximum Gasteiger partial charge on any atom is 0.331 e. The van der Waals surface area contributed by atoms with E-state index in [0.717, 1.165) is 34.6 Å². The first kappa shape index (κ1) is 19.8. The average Bonchev–Trinajstić information content (AvgIpc) is 2.74. The Labute approximate surface area is 156 Å². The van der Waals surface area contributed by atoms with Crippen LogP contribution in [0.1, 0.15) is 39.7 Å². The predicted octanol–water partition coefficient (Wildman–Crippen LogP) is 4.95. The minimum Gasteiger partial charge on any atom is -0.497 e. The molecule has 4 heteroatoms. The highest BCUT2D eigenvalue weighted by Gasteiger charge is 2.23. The highest BCUT2D eigenvalue weighted by Crippen LogP contribution is 2.37. The first-order valence-corrected chi connectivity index (χ1v) is 8.98. The SMILES string of the molecule is CCOC(=O)/C=C(/C=C/C1=CC(C)(C)COc2ccc(OC)cc21)CC. The van der Waals surface area contributed by atoms with Crippen LogP contribution in [0.2, 0.25) is 0 Å². The van der Waals surface area contributed by atoms with Gasteiger partial charge >= 0.3 is 5.97 Å². The zero-order chi connectivity index (χ0) is 19.2. The fourth-order valence-electron chi connectivity index (χ4n) is 2.73. The minimum absolute atomic E-state index is 0.108. The van der Waals surface area contributed by atoms with Crippen molar-refractivity contribution in [2.24, 2.45) is 5.41 Å². The van der Waals surface area contributed by atoms with E-state index in [1.807, 2.05) is 37.3 Å². The van der Waals surface area contributed by atoms with Crippen molar-refractivity contribution in [2.45, 2.75) is 34.1 Å². The number of rotatable bonds is 6. The molecular weight excluding hydrogens is 328 g/mol. The molecule has 0 saturated heterocycles. The molecule has 1 aliphatic rings. The number of benzene rings is 1. The van der Waals surface area contributed by atoms with Gasteiger partial charge in [0.1, 0.15) is 11.5 Å². The summed E-state index contributed by atoms with van der Waals surface area (Å²) in [6.45, 7) is 9.07. The highest BCUT2D eigenvalue weighted by molar-refractivity contribution is 5.84. The summed E-state index contributed by atoms with van der Waals surface area (Å²) in [7, 11) is 1.65. The van der Waals surface area contributed by atoms with E-state index in [1.165, 1.54) is 0 Å². The lowest BCUT2D eigenvalue weighted by Crippen LogP contribution is -2.17. The van der Waals surface area contributed by atoms with Crippen molar-refractivity contribution in [3.63, 3.8) is 0 Å². The Hall–Kier alpha value is -2.49. The van der Waals surface area contributed by atoms with Gasteiger partial charge in [0.25, 0.3) is 0 Å². The van der Waals surface area contributed by atoms with Crippen LogP contribution in [0.4, 0.5) is 0 Å². The molecule has 0 unspecified atom stereocenters. The van der Waals surface area contributed by atoms with E-state index in [-0.39, 0.29) is 11.4 Å². The summed E-state index contributed by atoms with van der Waals surface area (Å²) < 4.78 is 16.4. The molecule has 1 aromatic rings. The van der Waals surface area contributed by atoms with E-state index < -0.39 is 0 Å². The zero-order valence-electron chi connectivity index (χ0n) is 16.3. The van der Waals surface area contributed by atoms with Crippen molar-refractivity contribution in [1.29, 1.82) is 0 Å². The second kappa shape index (κ2) is 8.75. The maximum atomic E-state index is 11.7. The molecule has 0 aromatic heterocycles. The van der Waals surface area contributed by atoms with E-state index in [4.69, 9.17) is 14.2 Å². The Bertz CT molecular complexity index is 739. The topological polar surface area (TPSA) is 44.8 Å². The molecule has 1 aliphatic heterocycles. The van der Waals surface area contributed by atoms with Crippen molar-refractivity contribution in [3.8, 4) is 11.5 Å². The zero-order valence-corrected chi connectivity index (χ0v) is 16.3. The van der Waals surface area contributed by atoms with Crippen LogP contribution in [0.15, 0.2) is 48.1 Å². The van der Waals surface area contributed by atoms with Crippen LogP contribution in [0.3, 0.4) is 0 Å². The van der Waals surface area contributed by atoms with Crippen molar-refractivity contribution in [1.82, 2.24) is 0 Å². The Morgan fingerprint density at radius 2 is 2.08 bits per heavy atom. The molecule has 0 radical (unpaired) electrons. The van der Waals surface area contributed by atoms with Gasteiger partial charge in [0.15, 0.2) is 0 Å². The van der Waals surface area contributed by atoms with E-state index >= 15 is 0 Å². The van der Waals surface area contributed by atoms with E-state index in [9.17, 15) is 4.79 Å². The van der Waals surface area contributed by atoms with Gasteiger partial charge in [-0.1, -0.05) is 39.0 Å². The number of methoxy groups -OCH3 is 1. The van der Waals surface area contributed by atoms with Crippen LogP contribution < -0.4 is 9.47 Å². The molecule has 0 spiro atoms. The predicted molar refractivity (Wildman–Crippen MR) is 104 cm³/mol. The second-order valence-electron chi connectivity index (χ2n) is 6.90. The molecule has 4 nitrogen and oxygen atoms in total. The normalized spacial score (nSPS) is 16.3. The molecule has 0 saturated carbocycles. The smallest absolute Gasteiger partial charge is 0.331 e. The molecule has 1 heterocycles. The number of hydrogen-bond acceptors (Lipinski definition) is 4. The summed E-state index contributed by atoms with van der Waals surface area (Å²) >= 11 is 0. The van der Waals surface area contributed by atoms with Gasteiger partial charge < -0.3 is 14.2 Å². The van der Waals surface area contributed by atoms with E-state index in [0.29, 0.717) is 13.2 Å². The Kier molecular flexibility index (Phi) is 6.67. The first-order chi connectivity index (χ1) is 12.4. The van der Waals surface area contributed by atoms with Crippen molar-refractivity contribution >= 4 is 11.5 Å². The molecule has 0 N–H and O–H groups in total. The van der Waals surface area contributed by atoms with Gasteiger partial charge in [0.05, 0.1) is 20.3 Å². The van der Waals surface area contributed by atoms with Crippen LogP contribution in [-0.2, 0) is 9.53 Å². The fraction of sp³-hybridized carbons (Fsp3) is 0.409. The monoisotopic (exact) mass is 356 g/mol. The number of carbonyl (C=O) groups excluding carboxylic acids is 1. The standard InChI is InChI=1S/C22H28O4/c1-6-16(12-21(23)25-7-2)8-9-17-14-22(3,4)15-26-20-11-10-18(24-5)13-19(17)20/h8-14H,6-7,15H2,1-5H3/b9-8+,16-12+. The van der Waals surface area contributed by atoms with Crippen LogP contribution >= 0.6 is 0 Å². The highest BCUT2D eigenvalue weighted by atomic mass is 16.5. The molecule has 2 rings (SSSR count). The largest absolute Gasteiger partial charge is 0.497 e. The fourth-order valence-corrected chi connectivity index (χ4v) is 2.73. The van der Waals surface area contributed by atoms with Gasteiger partial charge in [-0.2, -0.15) is 0 Å². The van der Waals surface area contributed by atoms with Crippen LogP contribution in [0, 0.1) is 5.41 Å². The van der Waals surface area contributed by atoms with E-state index in [2.05, 4.69) is 19.9 Å². The summed E-state index contributed by atoms with van der Waals surface area (Å²) in [6.07, 6.45) is 8.49. The lowest BCUT2D eigenvalue weighted by molar-refractivity contribution is -0.137. The molecule has 0 aliphatic carbocycles. The lowest BCUT2D eigenvalue weighted by Gasteiger charge is -2.18. The molecule has 0 atom stereocenters. The number of esters is 1. The molecule has 0 fully saturated rings. The summed E-state index contributed by atoms with van der Waals surface area (Å²) in [5, 5.41) is 0. The Morgan fingerprint density at radius 3 is 2.73 bits per heavy atom. The number of hydrogen-bond donors (Lipinski definition) is 0. The quantitative estimate of drug-likeness (QED) is 0.411. The number of carbonyl (C=O) groups is 1. The minimum atomic E-state index is -0.311. The molecular formula is C22H28O4. The van der Waals surface area contributed by atoms with Crippen molar-refractivity contribution in [3.05, 3.63) is 53.6 Å². The second-order valence-corrected chi connectivity index (χ2v) is 6.90. The van der Waals surface area contributed by atoms with Crippen LogP contribution in [0.5, 0.6) is 11.5 Å². The Morgan fingerprint density at radius 1 is 1.31 bits per heavy atom. The maximum absolute atomic E-state index is 11.7. The lowest BCUT2D eigenvalue weighted by atomic mass is 9.90. The molecule has 0 bridgehead atoms. The summed E-state index contributed by atoms with van der Waals surface area (Å²) in [5.41, 5.74) is 2.84. The van der Waals surface area contributed by atoms with Gasteiger partial charge in [-0.15, -0.1) is 0 Å². The van der Waals surface area contributed by atoms with Gasteiger partial charge in [0, 0.05) is 17.1 Å². The molecule has 26 heavy (non-hydrogen) atoms. The molecule has 140 valence electrons. The van der Waals surface area contributed by atoms with Gasteiger partial charge in [-0.25, -0.2) is 4.79 Å². The number of allylic oxidation sites excluding steroid dienone is 4. The third kappa shape index (κ3) is 5.25. The summed E-state index contributed by atoms with van der Waals surface area (Å²) in [6, 6.07) is 5.82. The number of fused-ring (bicyclic) bond motifs is 1. The van der Waals surface area contributed by atoms with Crippen molar-refractivity contribution in [2.75, 3.05) is 20.3 Å². The average molecular weight is 356 g/mol. The summed E-state index contributed by atoms with van der Waals surface area (Å²) in [5.74, 6) is 1.30. The van der Waals surface area contributed by atoms with Gasteiger partial charge in [0.2, 0.25) is 0 Å². The summed E-state index contributed by atoms with van der Waals surface area (Å²) in [4.78, 5) is 11.7.